The summed E-state index contributed by atoms with van der Waals surface area (Å²) in [7, 11) is -1.80. The summed E-state index contributed by atoms with van der Waals surface area (Å²) in [4.78, 5) is 0. The van der Waals surface area contributed by atoms with Crippen LogP contribution in [0, 0.1) is 0 Å². The second-order valence-electron chi connectivity index (χ2n) is 2.18. The molecule has 3 heteroatoms. The van der Waals surface area contributed by atoms with Crippen molar-refractivity contribution >= 4 is 8.03 Å². The number of hydrogen-bond donors (Lipinski definition) is 0. The highest BCUT2D eigenvalue weighted by Gasteiger charge is 2.07. The van der Waals surface area contributed by atoms with Crippen LogP contribution in [0.4, 0.5) is 0 Å². The molecule has 0 rings (SSSR count). The molecule has 0 amide bonds. The predicted octanol–water partition coefficient (Wildman–Crippen LogP) is 2.46. The van der Waals surface area contributed by atoms with Crippen LogP contribution in [0.15, 0.2) is 12.7 Å². The summed E-state index contributed by atoms with van der Waals surface area (Å²) in [6, 6.07) is 0. The third-order valence-corrected chi connectivity index (χ3v) is 2.82. The Kier molecular flexibility index (Phi) is 5.66. The van der Waals surface area contributed by atoms with E-state index in [-0.39, 0.29) is 5.66 Å². The van der Waals surface area contributed by atoms with Crippen LogP contribution in [-0.4, -0.2) is 12.3 Å². The lowest BCUT2D eigenvalue weighted by molar-refractivity contribution is 0.344. The normalized spacial score (nSPS) is 16.2. The van der Waals surface area contributed by atoms with Crippen molar-refractivity contribution in [1.29, 1.82) is 0 Å². The van der Waals surface area contributed by atoms with E-state index in [9.17, 15) is 4.57 Å². The highest BCUT2D eigenvalue weighted by molar-refractivity contribution is 7.40. The Bertz CT molecular complexity index is 123. The molecule has 0 saturated carbocycles. The summed E-state index contributed by atoms with van der Waals surface area (Å²) in [6.07, 6.45) is 2.55. The average molecular weight is 162 g/mol. The smallest absolute Gasteiger partial charge is 0.194 e. The molecule has 0 aromatic rings. The second-order valence-corrected chi connectivity index (χ2v) is 4.09. The van der Waals surface area contributed by atoms with Gasteiger partial charge in [0.05, 0.1) is 6.61 Å². The van der Waals surface area contributed by atoms with E-state index < -0.39 is 8.03 Å². The van der Waals surface area contributed by atoms with Gasteiger partial charge in [-0.05, 0) is 13.3 Å². The zero-order chi connectivity index (χ0) is 7.98. The number of allylic oxidation sites excluding steroid dienone is 1. The molecule has 0 spiro atoms. The molecular formula is C7H15O2P. The lowest BCUT2D eigenvalue weighted by atomic mass is 10.3. The van der Waals surface area contributed by atoms with Gasteiger partial charge in [0.25, 0.3) is 0 Å². The first-order chi connectivity index (χ1) is 4.72. The quantitative estimate of drug-likeness (QED) is 0.458. The molecule has 0 fully saturated rings. The summed E-state index contributed by atoms with van der Waals surface area (Å²) in [5.41, 5.74) is 0.141. The van der Waals surface area contributed by atoms with Crippen LogP contribution in [0.5, 0.6) is 0 Å². The van der Waals surface area contributed by atoms with Crippen molar-refractivity contribution in [2.24, 2.45) is 0 Å². The average Bonchev–Trinajstić information content (AvgIpc) is 1.89. The monoisotopic (exact) mass is 162 g/mol. The van der Waals surface area contributed by atoms with E-state index in [1.807, 2.05) is 13.8 Å². The molecule has 0 aliphatic carbocycles. The van der Waals surface area contributed by atoms with E-state index in [1.165, 1.54) is 0 Å². The van der Waals surface area contributed by atoms with Crippen LogP contribution in [0.2, 0.25) is 0 Å². The first-order valence-corrected chi connectivity index (χ1v) is 4.89. The molecule has 2 atom stereocenters. The van der Waals surface area contributed by atoms with E-state index in [0.717, 1.165) is 6.42 Å². The number of rotatable bonds is 5. The molecule has 0 heterocycles. The van der Waals surface area contributed by atoms with E-state index in [2.05, 4.69) is 6.58 Å². The first kappa shape index (κ1) is 9.93. The summed E-state index contributed by atoms with van der Waals surface area (Å²) < 4.78 is 16.0. The van der Waals surface area contributed by atoms with Crippen LogP contribution in [0.1, 0.15) is 20.3 Å². The van der Waals surface area contributed by atoms with Crippen molar-refractivity contribution < 1.29 is 9.09 Å². The Morgan fingerprint density at radius 3 is 2.80 bits per heavy atom. The molecule has 0 saturated heterocycles. The minimum atomic E-state index is -1.80. The van der Waals surface area contributed by atoms with Crippen LogP contribution in [0.25, 0.3) is 0 Å². The first-order valence-electron chi connectivity index (χ1n) is 3.49. The second kappa shape index (κ2) is 5.70. The van der Waals surface area contributed by atoms with Gasteiger partial charge in [0.15, 0.2) is 8.03 Å². The van der Waals surface area contributed by atoms with Gasteiger partial charge in [-0.25, -0.2) is 0 Å². The maximum atomic E-state index is 11.0. The molecule has 10 heavy (non-hydrogen) atoms. The van der Waals surface area contributed by atoms with Crippen molar-refractivity contribution in [2.45, 2.75) is 25.9 Å². The summed E-state index contributed by atoms with van der Waals surface area (Å²) in [5.74, 6) is 0. The van der Waals surface area contributed by atoms with Crippen LogP contribution < -0.4 is 0 Å². The molecule has 0 bridgehead atoms. The molecule has 2 unspecified atom stereocenters. The predicted molar refractivity (Wildman–Crippen MR) is 44.9 cm³/mol. The van der Waals surface area contributed by atoms with Gasteiger partial charge < -0.3 is 4.52 Å². The molecule has 0 aromatic carbocycles. The van der Waals surface area contributed by atoms with Gasteiger partial charge in [0, 0.05) is 5.66 Å². The molecule has 0 N–H and O–H groups in total. The fourth-order valence-corrected chi connectivity index (χ4v) is 1.56. The zero-order valence-electron chi connectivity index (χ0n) is 6.59. The fraction of sp³-hybridized carbons (Fsp3) is 0.714. The fourth-order valence-electron chi connectivity index (χ4n) is 0.631. The maximum absolute atomic E-state index is 11.0. The SMILES string of the molecule is C=CCC(C)[PH](=O)OCC. The van der Waals surface area contributed by atoms with E-state index >= 15 is 0 Å². The lowest BCUT2D eigenvalue weighted by Crippen LogP contribution is -1.95. The Morgan fingerprint density at radius 1 is 1.80 bits per heavy atom. The lowest BCUT2D eigenvalue weighted by Gasteiger charge is -2.07. The van der Waals surface area contributed by atoms with Gasteiger partial charge in [-0.15, -0.1) is 6.58 Å². The van der Waals surface area contributed by atoms with Crippen LogP contribution in [-0.2, 0) is 9.09 Å². The topological polar surface area (TPSA) is 26.3 Å². The molecule has 0 aliphatic rings. The van der Waals surface area contributed by atoms with Crippen molar-refractivity contribution in [3.05, 3.63) is 12.7 Å². The third kappa shape index (κ3) is 3.86. The summed E-state index contributed by atoms with van der Waals surface area (Å²) >= 11 is 0. The Hall–Kier alpha value is -0.0700. The molecule has 2 nitrogen and oxygen atoms in total. The van der Waals surface area contributed by atoms with Gasteiger partial charge in [0.2, 0.25) is 0 Å². The molecule has 0 radical (unpaired) electrons. The van der Waals surface area contributed by atoms with Gasteiger partial charge >= 0.3 is 0 Å². The maximum Gasteiger partial charge on any atom is 0.194 e. The zero-order valence-corrected chi connectivity index (χ0v) is 7.59. The van der Waals surface area contributed by atoms with Crippen molar-refractivity contribution in [1.82, 2.24) is 0 Å². The highest BCUT2D eigenvalue weighted by Crippen LogP contribution is 2.30. The molecule has 0 aliphatic heterocycles. The Balaban J connectivity index is 3.58. The summed E-state index contributed by atoms with van der Waals surface area (Å²) in [6.45, 7) is 7.87. The largest absolute Gasteiger partial charge is 0.331 e. The highest BCUT2D eigenvalue weighted by atomic mass is 31.1. The van der Waals surface area contributed by atoms with Gasteiger partial charge in [0.1, 0.15) is 0 Å². The van der Waals surface area contributed by atoms with Crippen molar-refractivity contribution in [3.8, 4) is 0 Å². The molecular weight excluding hydrogens is 147 g/mol. The van der Waals surface area contributed by atoms with E-state index in [0.29, 0.717) is 6.61 Å². The minimum absolute atomic E-state index is 0.141. The summed E-state index contributed by atoms with van der Waals surface area (Å²) in [5, 5.41) is 0. The van der Waals surface area contributed by atoms with Gasteiger partial charge in [-0.1, -0.05) is 13.0 Å². The van der Waals surface area contributed by atoms with Crippen molar-refractivity contribution in [3.63, 3.8) is 0 Å². The number of hydrogen-bond acceptors (Lipinski definition) is 2. The van der Waals surface area contributed by atoms with E-state index in [1.54, 1.807) is 6.08 Å². The standard InChI is InChI=1S/C7H15O2P/c1-4-6-7(3)10(8)9-5-2/h4,7,10H,1,5-6H2,2-3H3. The minimum Gasteiger partial charge on any atom is -0.331 e. The molecule has 60 valence electrons. The van der Waals surface area contributed by atoms with Crippen LogP contribution >= 0.6 is 8.03 Å². The molecule has 0 aromatic heterocycles. The Labute approximate surface area is 63.1 Å². The van der Waals surface area contributed by atoms with Gasteiger partial charge in [-0.3, -0.25) is 4.57 Å². The third-order valence-electron chi connectivity index (χ3n) is 1.21. The Morgan fingerprint density at radius 2 is 2.40 bits per heavy atom. The van der Waals surface area contributed by atoms with Gasteiger partial charge in [-0.2, -0.15) is 0 Å². The van der Waals surface area contributed by atoms with Crippen LogP contribution in [0.3, 0.4) is 0 Å². The van der Waals surface area contributed by atoms with E-state index in [4.69, 9.17) is 4.52 Å². The van der Waals surface area contributed by atoms with Crippen molar-refractivity contribution in [2.75, 3.05) is 6.61 Å².